The number of fused-ring (bicyclic) bond motifs is 1. The third-order valence-electron chi connectivity index (χ3n) is 6.66. The molecule has 2 heterocycles. The number of rotatable bonds is 5. The smallest absolute Gasteiger partial charge is 0.222 e. The molecule has 1 aliphatic carbocycles. The molecule has 2 atom stereocenters. The van der Waals surface area contributed by atoms with Crippen molar-refractivity contribution in [1.29, 1.82) is 0 Å². The van der Waals surface area contributed by atoms with Crippen molar-refractivity contribution < 1.29 is 4.79 Å². The number of likely N-dealkylation sites (tertiary alicyclic amines) is 2. The van der Waals surface area contributed by atoms with E-state index in [1.807, 2.05) is 4.90 Å². The van der Waals surface area contributed by atoms with Gasteiger partial charge in [0.2, 0.25) is 5.91 Å². The monoisotopic (exact) mass is 382 g/mol. The second-order valence-electron chi connectivity index (χ2n) is 8.57. The second kappa shape index (κ2) is 8.97. The number of nitrogens with zero attached hydrogens (tertiary/aromatic N) is 3. The summed E-state index contributed by atoms with van der Waals surface area (Å²) in [5.41, 5.74) is 2.46. The molecule has 3 fully saturated rings. The van der Waals surface area contributed by atoms with E-state index >= 15 is 0 Å². The Labute approximate surface area is 169 Å². The number of guanidine groups is 1. The molecule has 0 aromatic heterocycles. The van der Waals surface area contributed by atoms with Crippen LogP contribution in [0.25, 0.3) is 0 Å². The van der Waals surface area contributed by atoms with E-state index in [2.05, 4.69) is 41.4 Å². The lowest BCUT2D eigenvalue weighted by Crippen LogP contribution is -2.40. The quantitative estimate of drug-likeness (QED) is 0.627. The SMILES string of the molecule is CCNC(=NCc1ccccc1CN1CCCC1=O)N1CC2CCCCC2C1. The van der Waals surface area contributed by atoms with Gasteiger partial charge in [-0.2, -0.15) is 0 Å². The fraction of sp³-hybridized carbons (Fsp3) is 0.652. The Bertz CT molecular complexity index is 702. The van der Waals surface area contributed by atoms with Gasteiger partial charge in [-0.05, 0) is 49.1 Å². The number of benzene rings is 1. The van der Waals surface area contributed by atoms with E-state index in [1.54, 1.807) is 0 Å². The van der Waals surface area contributed by atoms with Crippen molar-refractivity contribution in [2.75, 3.05) is 26.2 Å². The van der Waals surface area contributed by atoms with Crippen LogP contribution in [-0.2, 0) is 17.9 Å². The van der Waals surface area contributed by atoms with E-state index in [9.17, 15) is 4.79 Å². The van der Waals surface area contributed by atoms with Crippen LogP contribution in [-0.4, -0.2) is 47.8 Å². The van der Waals surface area contributed by atoms with Gasteiger partial charge in [0.1, 0.15) is 0 Å². The zero-order valence-corrected chi connectivity index (χ0v) is 17.2. The summed E-state index contributed by atoms with van der Waals surface area (Å²) in [6.07, 6.45) is 7.24. The minimum Gasteiger partial charge on any atom is -0.357 e. The van der Waals surface area contributed by atoms with Gasteiger partial charge in [0, 0.05) is 39.1 Å². The summed E-state index contributed by atoms with van der Waals surface area (Å²) in [6.45, 7) is 7.62. The van der Waals surface area contributed by atoms with Crippen LogP contribution in [0, 0.1) is 11.8 Å². The first kappa shape index (κ1) is 19.3. The highest BCUT2D eigenvalue weighted by Gasteiger charge is 2.35. The molecule has 0 bridgehead atoms. The Morgan fingerprint density at radius 2 is 1.82 bits per heavy atom. The largest absolute Gasteiger partial charge is 0.357 e. The van der Waals surface area contributed by atoms with E-state index in [-0.39, 0.29) is 5.91 Å². The van der Waals surface area contributed by atoms with Crippen LogP contribution < -0.4 is 5.32 Å². The van der Waals surface area contributed by atoms with Gasteiger partial charge in [-0.25, -0.2) is 4.99 Å². The van der Waals surface area contributed by atoms with E-state index < -0.39 is 0 Å². The number of amides is 1. The number of hydrogen-bond acceptors (Lipinski definition) is 2. The fourth-order valence-electron chi connectivity index (χ4n) is 5.11. The van der Waals surface area contributed by atoms with Crippen LogP contribution in [0.2, 0.25) is 0 Å². The number of carbonyl (C=O) groups is 1. The van der Waals surface area contributed by atoms with E-state index in [0.717, 1.165) is 56.9 Å². The van der Waals surface area contributed by atoms with Crippen LogP contribution >= 0.6 is 0 Å². The molecule has 28 heavy (non-hydrogen) atoms. The van der Waals surface area contributed by atoms with E-state index in [4.69, 9.17) is 4.99 Å². The zero-order chi connectivity index (χ0) is 19.3. The molecule has 152 valence electrons. The predicted molar refractivity (Wildman–Crippen MR) is 113 cm³/mol. The van der Waals surface area contributed by atoms with Gasteiger partial charge in [-0.3, -0.25) is 4.79 Å². The van der Waals surface area contributed by atoms with Gasteiger partial charge in [-0.1, -0.05) is 37.1 Å². The van der Waals surface area contributed by atoms with E-state index in [1.165, 1.54) is 36.8 Å². The maximum atomic E-state index is 12.0. The number of aliphatic imine (C=N–C) groups is 1. The minimum atomic E-state index is 0.284. The highest BCUT2D eigenvalue weighted by molar-refractivity contribution is 5.80. The third-order valence-corrected chi connectivity index (χ3v) is 6.66. The molecule has 1 aromatic carbocycles. The maximum absolute atomic E-state index is 12.0. The summed E-state index contributed by atoms with van der Waals surface area (Å²) >= 11 is 0. The molecule has 4 rings (SSSR count). The summed E-state index contributed by atoms with van der Waals surface area (Å²) in [4.78, 5) is 21.5. The maximum Gasteiger partial charge on any atom is 0.222 e. The molecule has 1 saturated carbocycles. The van der Waals surface area contributed by atoms with Gasteiger partial charge in [-0.15, -0.1) is 0 Å². The van der Waals surface area contributed by atoms with Gasteiger partial charge in [0.15, 0.2) is 5.96 Å². The van der Waals surface area contributed by atoms with Crippen molar-refractivity contribution in [3.63, 3.8) is 0 Å². The summed E-state index contributed by atoms with van der Waals surface area (Å²) in [7, 11) is 0. The average Bonchev–Trinajstić information content (AvgIpc) is 3.32. The molecule has 5 heteroatoms. The Balaban J connectivity index is 1.46. The first-order chi connectivity index (χ1) is 13.7. The van der Waals surface area contributed by atoms with Gasteiger partial charge in [0.25, 0.3) is 0 Å². The lowest BCUT2D eigenvalue weighted by Gasteiger charge is -2.22. The van der Waals surface area contributed by atoms with E-state index in [0.29, 0.717) is 13.0 Å². The van der Waals surface area contributed by atoms with Crippen molar-refractivity contribution in [2.24, 2.45) is 16.8 Å². The molecule has 0 spiro atoms. The van der Waals surface area contributed by atoms with Gasteiger partial charge < -0.3 is 15.1 Å². The highest BCUT2D eigenvalue weighted by Crippen LogP contribution is 2.36. The lowest BCUT2D eigenvalue weighted by atomic mass is 9.82. The van der Waals surface area contributed by atoms with Crippen molar-refractivity contribution in [2.45, 2.75) is 58.5 Å². The van der Waals surface area contributed by atoms with Crippen molar-refractivity contribution in [3.05, 3.63) is 35.4 Å². The normalized spacial score (nSPS) is 25.3. The predicted octanol–water partition coefficient (Wildman–Crippen LogP) is 3.40. The Morgan fingerprint density at radius 3 is 2.46 bits per heavy atom. The molecule has 2 aliphatic heterocycles. The van der Waals surface area contributed by atoms with Crippen molar-refractivity contribution in [1.82, 2.24) is 15.1 Å². The number of carbonyl (C=O) groups excluding carboxylic acids is 1. The van der Waals surface area contributed by atoms with Crippen LogP contribution in [0.4, 0.5) is 0 Å². The van der Waals surface area contributed by atoms with Gasteiger partial charge >= 0.3 is 0 Å². The summed E-state index contributed by atoms with van der Waals surface area (Å²) < 4.78 is 0. The molecule has 3 aliphatic rings. The Kier molecular flexibility index (Phi) is 6.18. The standard InChI is InChI=1S/C23H34N4O/c1-2-24-23(27-16-20-10-5-6-11-21(20)17-27)25-14-18-8-3-4-9-19(18)15-26-13-7-12-22(26)28/h3-4,8-9,20-21H,2,5-7,10-17H2,1H3,(H,24,25). The van der Waals surface area contributed by atoms with Crippen LogP contribution in [0.15, 0.2) is 29.3 Å². The summed E-state index contributed by atoms with van der Waals surface area (Å²) in [6, 6.07) is 8.46. The molecule has 1 N–H and O–H groups in total. The molecule has 5 nitrogen and oxygen atoms in total. The lowest BCUT2D eigenvalue weighted by molar-refractivity contribution is -0.128. The fourth-order valence-corrected chi connectivity index (χ4v) is 5.11. The summed E-state index contributed by atoms with van der Waals surface area (Å²) in [5, 5.41) is 3.52. The first-order valence-electron chi connectivity index (χ1n) is 11.1. The molecule has 1 amide bonds. The van der Waals surface area contributed by atoms with Crippen LogP contribution in [0.5, 0.6) is 0 Å². The van der Waals surface area contributed by atoms with Crippen molar-refractivity contribution >= 4 is 11.9 Å². The molecule has 1 aromatic rings. The summed E-state index contributed by atoms with van der Waals surface area (Å²) in [5.74, 6) is 3.05. The van der Waals surface area contributed by atoms with Crippen LogP contribution in [0.1, 0.15) is 56.6 Å². The molecular formula is C23H34N4O. The molecule has 2 saturated heterocycles. The Hall–Kier alpha value is -2.04. The van der Waals surface area contributed by atoms with Crippen molar-refractivity contribution in [3.8, 4) is 0 Å². The average molecular weight is 383 g/mol. The Morgan fingerprint density at radius 1 is 1.11 bits per heavy atom. The first-order valence-corrected chi connectivity index (χ1v) is 11.1. The molecular weight excluding hydrogens is 348 g/mol. The molecule has 0 radical (unpaired) electrons. The highest BCUT2D eigenvalue weighted by atomic mass is 16.2. The minimum absolute atomic E-state index is 0.284. The number of nitrogens with one attached hydrogen (secondary N) is 1. The third kappa shape index (κ3) is 4.34. The zero-order valence-electron chi connectivity index (χ0n) is 17.2. The number of hydrogen-bond donors (Lipinski definition) is 1. The van der Waals surface area contributed by atoms with Gasteiger partial charge in [0.05, 0.1) is 6.54 Å². The molecule has 2 unspecified atom stereocenters. The second-order valence-corrected chi connectivity index (χ2v) is 8.57. The van der Waals surface area contributed by atoms with Crippen LogP contribution in [0.3, 0.4) is 0 Å². The topological polar surface area (TPSA) is 47.9 Å².